The Morgan fingerprint density at radius 1 is 1.07 bits per heavy atom. The second-order valence-electron chi connectivity index (χ2n) is 12.8. The highest BCUT2D eigenvalue weighted by Gasteiger charge is 2.47. The van der Waals surface area contributed by atoms with E-state index < -0.39 is 18.1 Å². The Morgan fingerprint density at radius 3 is 2.57 bits per heavy atom. The fourth-order valence-electron chi connectivity index (χ4n) is 7.68. The smallest absolute Gasteiger partial charge is 0.414 e. The normalized spacial score (nSPS) is 24.1. The molecule has 2 saturated heterocycles. The summed E-state index contributed by atoms with van der Waals surface area (Å²) in [6, 6.07) is 6.30. The molecule has 3 aliphatic rings. The molecule has 0 spiro atoms. The number of carbonyl (C=O) groups excluding carboxylic acids is 2. The zero-order valence-corrected chi connectivity index (χ0v) is 25.9. The van der Waals surface area contributed by atoms with E-state index in [9.17, 15) is 22.8 Å². The number of nitrogens with zero attached hydrogens (tertiary/aromatic N) is 5. The van der Waals surface area contributed by atoms with E-state index in [1.165, 1.54) is 6.07 Å². The Hall–Kier alpha value is -4.13. The van der Waals surface area contributed by atoms with Gasteiger partial charge in [-0.05, 0) is 62.4 Å². The molecule has 4 bridgehead atoms. The minimum Gasteiger partial charge on any atom is -0.494 e. The van der Waals surface area contributed by atoms with Gasteiger partial charge < -0.3 is 29.8 Å². The van der Waals surface area contributed by atoms with Crippen molar-refractivity contribution in [2.75, 3.05) is 7.11 Å². The van der Waals surface area contributed by atoms with Gasteiger partial charge in [0.2, 0.25) is 5.91 Å². The number of methoxy groups -OCH3 is 1. The van der Waals surface area contributed by atoms with Gasteiger partial charge >= 0.3 is 6.18 Å². The minimum absolute atomic E-state index is 0.0173. The van der Waals surface area contributed by atoms with E-state index in [4.69, 9.17) is 15.5 Å². The van der Waals surface area contributed by atoms with E-state index in [-0.39, 0.29) is 36.1 Å². The molecule has 3 N–H and O–H groups in total. The molecule has 46 heavy (non-hydrogen) atoms. The number of halogens is 3. The van der Waals surface area contributed by atoms with Crippen molar-refractivity contribution in [3.8, 4) is 17.3 Å². The molecule has 0 radical (unpaired) electrons. The molecule has 3 aromatic heterocycles. The maximum Gasteiger partial charge on any atom is 0.414 e. The molecule has 2 fully saturated rings. The fraction of sp³-hybridized carbons (Fsp3) is 0.515. The molecule has 3 aliphatic heterocycles. The predicted octanol–water partition coefficient (Wildman–Crippen LogP) is 5.38. The number of carbonyl (C=O) groups is 2. The van der Waals surface area contributed by atoms with Crippen LogP contribution in [0.25, 0.3) is 33.6 Å². The highest BCUT2D eigenvalue weighted by Crippen LogP contribution is 2.40. The largest absolute Gasteiger partial charge is 0.494 e. The number of aromatic nitrogens is 4. The number of pyridine rings is 1. The number of amides is 2. The number of hydrogen-bond donors (Lipinski definition) is 2. The summed E-state index contributed by atoms with van der Waals surface area (Å²) in [4.78, 5) is 37.6. The fourth-order valence-corrected chi connectivity index (χ4v) is 7.68. The molecule has 1 aromatic carbocycles. The van der Waals surface area contributed by atoms with Gasteiger partial charge in [0.05, 0.1) is 24.0 Å². The first-order valence-electron chi connectivity index (χ1n) is 16.0. The number of ether oxygens (including phenoxy) is 1. The topological polar surface area (TPSA) is 120 Å². The Balaban J connectivity index is 1.34. The van der Waals surface area contributed by atoms with Gasteiger partial charge in [0, 0.05) is 49.1 Å². The quantitative estimate of drug-likeness (QED) is 0.312. The van der Waals surface area contributed by atoms with Gasteiger partial charge in [0.15, 0.2) is 11.9 Å². The Morgan fingerprint density at radius 2 is 1.85 bits per heavy atom. The number of hydrogen-bond acceptors (Lipinski definition) is 6. The number of fused-ring (bicyclic) bond motifs is 4. The van der Waals surface area contributed by atoms with Crippen LogP contribution in [-0.4, -0.2) is 67.2 Å². The number of aryl methyl sites for hydroxylation is 2. The molecular formula is C33H38F3N7O3. The van der Waals surface area contributed by atoms with Crippen LogP contribution >= 0.6 is 0 Å². The molecule has 0 unspecified atom stereocenters. The Kier molecular flexibility index (Phi) is 7.69. The van der Waals surface area contributed by atoms with Gasteiger partial charge in [-0.15, -0.1) is 0 Å². The second kappa shape index (κ2) is 11.6. The van der Waals surface area contributed by atoms with Crippen LogP contribution < -0.4 is 15.8 Å². The van der Waals surface area contributed by atoms with Crippen LogP contribution in [0.2, 0.25) is 0 Å². The summed E-state index contributed by atoms with van der Waals surface area (Å²) in [6.07, 6.45) is 1.84. The summed E-state index contributed by atoms with van der Waals surface area (Å²) < 4.78 is 52.2. The van der Waals surface area contributed by atoms with Gasteiger partial charge in [-0.1, -0.05) is 19.3 Å². The van der Waals surface area contributed by atoms with Crippen LogP contribution in [0, 0.1) is 0 Å². The van der Waals surface area contributed by atoms with Gasteiger partial charge in [0.1, 0.15) is 16.9 Å². The van der Waals surface area contributed by atoms with E-state index in [1.807, 2.05) is 27.1 Å². The standard InChI is InChI=1S/C33H38F3N7O3/c1-41-28-23(14-19(16-26(28)46-2)32(45)43-20-10-12-24(43)21(37)17-20)39-31(41)25-15-18-9-11-22-29(33(34,35)36)40-27(44)8-6-4-3-5-7-13-42(25)30(18)38-22/h9,11,14-16,20-21,24,29H,3-8,10,12-13,17,37H2,1-2H3,(H,40,44)/t20-,21+,24+,29+/m0/s1. The van der Waals surface area contributed by atoms with Gasteiger partial charge in [-0.3, -0.25) is 9.59 Å². The zero-order valence-electron chi connectivity index (χ0n) is 25.9. The number of rotatable bonds is 3. The van der Waals surface area contributed by atoms with Crippen molar-refractivity contribution in [1.82, 2.24) is 29.3 Å². The first kappa shape index (κ1) is 30.5. The van der Waals surface area contributed by atoms with Crippen LogP contribution in [0.4, 0.5) is 13.2 Å². The lowest BCUT2D eigenvalue weighted by atomic mass is 9.97. The molecule has 0 saturated carbocycles. The third-order valence-electron chi connectivity index (χ3n) is 9.93. The number of nitrogens with one attached hydrogen (secondary N) is 1. The molecule has 13 heteroatoms. The summed E-state index contributed by atoms with van der Waals surface area (Å²) in [6.45, 7) is 0.528. The van der Waals surface area contributed by atoms with E-state index in [0.717, 1.165) is 44.9 Å². The number of nitrogens with two attached hydrogens (primary N) is 1. The van der Waals surface area contributed by atoms with Crippen LogP contribution in [-0.2, 0) is 18.4 Å². The molecule has 4 aromatic rings. The first-order chi connectivity index (χ1) is 22.0. The molecule has 7 rings (SSSR count). The van der Waals surface area contributed by atoms with Crippen LogP contribution in [0.5, 0.6) is 5.75 Å². The number of imidazole rings is 1. The maximum atomic E-state index is 14.2. The predicted molar refractivity (Wildman–Crippen MR) is 166 cm³/mol. The highest BCUT2D eigenvalue weighted by atomic mass is 19.4. The van der Waals surface area contributed by atoms with Crippen molar-refractivity contribution in [2.45, 2.75) is 94.7 Å². The lowest BCUT2D eigenvalue weighted by Gasteiger charge is -2.23. The lowest BCUT2D eigenvalue weighted by Crippen LogP contribution is -2.40. The average Bonchev–Trinajstić information content (AvgIpc) is 3.77. The van der Waals surface area contributed by atoms with Crippen molar-refractivity contribution >= 4 is 33.9 Å². The SMILES string of the molecule is COc1cc(C(=O)N2[C@H]3CC[C@@H]2[C@H](N)C3)cc2nc(-c3cc4ccc5nc4n3CCCCCCCC(=O)N[C@H]5C(F)(F)F)n(C)c12. The van der Waals surface area contributed by atoms with Crippen LogP contribution in [0.15, 0.2) is 30.3 Å². The Bertz CT molecular complexity index is 1830. The highest BCUT2D eigenvalue weighted by molar-refractivity contribution is 6.00. The summed E-state index contributed by atoms with van der Waals surface area (Å²) in [5.41, 5.74) is 8.88. The molecular weight excluding hydrogens is 599 g/mol. The molecule has 4 atom stereocenters. The number of alkyl halides is 3. The molecule has 2 amide bonds. The van der Waals surface area contributed by atoms with Crippen molar-refractivity contribution in [2.24, 2.45) is 12.8 Å². The first-order valence-corrected chi connectivity index (χ1v) is 16.0. The van der Waals surface area contributed by atoms with E-state index in [0.29, 0.717) is 57.9 Å². The molecule has 0 aliphatic carbocycles. The molecule has 244 valence electrons. The monoisotopic (exact) mass is 637 g/mol. The summed E-state index contributed by atoms with van der Waals surface area (Å²) >= 11 is 0. The third kappa shape index (κ3) is 5.18. The second-order valence-corrected chi connectivity index (χ2v) is 12.8. The van der Waals surface area contributed by atoms with Gasteiger partial charge in [-0.2, -0.15) is 13.2 Å². The van der Waals surface area contributed by atoms with Crippen LogP contribution in [0.1, 0.15) is 79.9 Å². The third-order valence-corrected chi connectivity index (χ3v) is 9.93. The van der Waals surface area contributed by atoms with Gasteiger partial charge in [-0.25, -0.2) is 9.97 Å². The van der Waals surface area contributed by atoms with Crippen molar-refractivity contribution in [3.63, 3.8) is 0 Å². The molecule has 6 heterocycles. The zero-order chi connectivity index (χ0) is 32.3. The van der Waals surface area contributed by atoms with Gasteiger partial charge in [0.25, 0.3) is 5.91 Å². The van der Waals surface area contributed by atoms with E-state index in [2.05, 4.69) is 10.3 Å². The summed E-state index contributed by atoms with van der Waals surface area (Å²) in [5, 5.41) is 2.83. The van der Waals surface area contributed by atoms with Crippen molar-refractivity contribution < 1.29 is 27.5 Å². The molecule has 10 nitrogen and oxygen atoms in total. The number of benzene rings is 1. The van der Waals surface area contributed by atoms with Crippen molar-refractivity contribution in [1.29, 1.82) is 0 Å². The van der Waals surface area contributed by atoms with E-state index in [1.54, 1.807) is 25.3 Å². The van der Waals surface area contributed by atoms with Crippen molar-refractivity contribution in [3.05, 3.63) is 41.6 Å². The summed E-state index contributed by atoms with van der Waals surface area (Å²) in [7, 11) is 3.41. The average molecular weight is 638 g/mol. The maximum absolute atomic E-state index is 14.2. The lowest BCUT2D eigenvalue weighted by molar-refractivity contribution is -0.164. The summed E-state index contributed by atoms with van der Waals surface area (Å²) in [5.74, 6) is 0.351. The minimum atomic E-state index is -4.71. The van der Waals surface area contributed by atoms with E-state index >= 15 is 0 Å². The Labute approximate surface area is 264 Å². The van der Waals surface area contributed by atoms with Crippen LogP contribution in [0.3, 0.4) is 0 Å².